The molecule has 2 aromatic carbocycles. The molecule has 5 heteroatoms. The van der Waals surface area contributed by atoms with E-state index in [1.807, 2.05) is 6.07 Å². The van der Waals surface area contributed by atoms with Crippen molar-refractivity contribution < 1.29 is 14.6 Å². The SMILES string of the molecule is CCC1CCC(Oc2ccc3cc([C@H](C)N4C5CCC4CC(C(=O)O)C5)ccc3c2Cl)CC1. The van der Waals surface area contributed by atoms with Gasteiger partial charge in [-0.25, -0.2) is 0 Å². The molecule has 0 radical (unpaired) electrons. The van der Waals surface area contributed by atoms with Crippen molar-refractivity contribution in [2.24, 2.45) is 11.8 Å². The van der Waals surface area contributed by atoms with E-state index in [1.54, 1.807) is 0 Å². The molecule has 4 nitrogen and oxygen atoms in total. The van der Waals surface area contributed by atoms with Gasteiger partial charge in [0.15, 0.2) is 0 Å². The number of hydrogen-bond acceptors (Lipinski definition) is 3. The second-order valence-corrected chi connectivity index (χ2v) is 10.9. The quantitative estimate of drug-likeness (QED) is 0.484. The first kappa shape index (κ1) is 23.0. The van der Waals surface area contributed by atoms with Crippen molar-refractivity contribution in [1.29, 1.82) is 0 Å². The maximum atomic E-state index is 11.5. The Kier molecular flexibility index (Phi) is 6.59. The Morgan fingerprint density at radius 1 is 1.09 bits per heavy atom. The van der Waals surface area contributed by atoms with Crippen molar-refractivity contribution in [1.82, 2.24) is 4.90 Å². The third kappa shape index (κ3) is 4.49. The highest BCUT2D eigenvalue weighted by Crippen LogP contribution is 2.44. The van der Waals surface area contributed by atoms with Gasteiger partial charge in [0, 0.05) is 23.5 Å². The number of ether oxygens (including phenoxy) is 1. The number of rotatable bonds is 6. The molecule has 2 aliphatic heterocycles. The van der Waals surface area contributed by atoms with Crippen LogP contribution in [0, 0.1) is 11.8 Å². The summed E-state index contributed by atoms with van der Waals surface area (Å²) in [6.07, 6.45) is 10.0. The Hall–Kier alpha value is -1.78. The van der Waals surface area contributed by atoms with Gasteiger partial charge in [0.2, 0.25) is 0 Å². The minimum Gasteiger partial charge on any atom is -0.489 e. The van der Waals surface area contributed by atoms with E-state index in [9.17, 15) is 9.90 Å². The van der Waals surface area contributed by atoms with Crippen LogP contribution < -0.4 is 4.74 Å². The van der Waals surface area contributed by atoms with Crippen LogP contribution in [0.1, 0.15) is 83.2 Å². The van der Waals surface area contributed by atoms with E-state index in [2.05, 4.69) is 43.0 Å². The minimum atomic E-state index is -0.629. The summed E-state index contributed by atoms with van der Waals surface area (Å²) in [5, 5.41) is 12.4. The average Bonchev–Trinajstić information content (AvgIpc) is 3.09. The van der Waals surface area contributed by atoms with E-state index in [-0.39, 0.29) is 18.1 Å². The smallest absolute Gasteiger partial charge is 0.306 e. The molecule has 178 valence electrons. The average molecular weight is 470 g/mol. The Labute approximate surface area is 202 Å². The lowest BCUT2D eigenvalue weighted by Crippen LogP contribution is -2.45. The highest BCUT2D eigenvalue weighted by molar-refractivity contribution is 6.37. The van der Waals surface area contributed by atoms with E-state index in [1.165, 1.54) is 24.8 Å². The fourth-order valence-electron chi connectivity index (χ4n) is 6.70. The number of nitrogens with zero attached hydrogens (tertiary/aromatic N) is 1. The lowest BCUT2D eigenvalue weighted by molar-refractivity contribution is -0.144. The number of aliphatic carboxylic acids is 1. The largest absolute Gasteiger partial charge is 0.489 e. The van der Waals surface area contributed by atoms with Gasteiger partial charge in [0.25, 0.3) is 0 Å². The van der Waals surface area contributed by atoms with Crippen LogP contribution in [0.25, 0.3) is 10.8 Å². The molecule has 33 heavy (non-hydrogen) atoms. The molecule has 3 aliphatic rings. The molecule has 2 bridgehead atoms. The number of halogens is 1. The fourth-order valence-corrected chi connectivity index (χ4v) is 6.98. The normalized spacial score (nSPS) is 30.9. The zero-order valence-electron chi connectivity index (χ0n) is 19.8. The van der Waals surface area contributed by atoms with Gasteiger partial charge in [-0.2, -0.15) is 0 Å². The third-order valence-corrected chi connectivity index (χ3v) is 9.07. The Balaban J connectivity index is 1.32. The third-order valence-electron chi connectivity index (χ3n) is 8.68. The zero-order valence-corrected chi connectivity index (χ0v) is 20.6. The van der Waals surface area contributed by atoms with Gasteiger partial charge in [-0.15, -0.1) is 0 Å². The first-order chi connectivity index (χ1) is 15.9. The predicted molar refractivity (Wildman–Crippen MR) is 133 cm³/mol. The molecule has 2 heterocycles. The van der Waals surface area contributed by atoms with Gasteiger partial charge in [-0.1, -0.05) is 43.1 Å². The van der Waals surface area contributed by atoms with Gasteiger partial charge < -0.3 is 9.84 Å². The molecule has 1 N–H and O–H groups in total. The fraction of sp³-hybridized carbons (Fsp3) is 0.607. The van der Waals surface area contributed by atoms with E-state index < -0.39 is 5.97 Å². The predicted octanol–water partition coefficient (Wildman–Crippen LogP) is 7.23. The maximum absolute atomic E-state index is 11.5. The summed E-state index contributed by atoms with van der Waals surface area (Å²) in [4.78, 5) is 14.1. The van der Waals surface area contributed by atoms with Gasteiger partial charge in [-0.05, 0) is 87.3 Å². The molecular formula is C28H36ClNO3. The van der Waals surface area contributed by atoms with Crippen LogP contribution in [0.5, 0.6) is 5.75 Å². The van der Waals surface area contributed by atoms with Crippen LogP contribution in [0.4, 0.5) is 0 Å². The Bertz CT molecular complexity index is 1000. The summed E-state index contributed by atoms with van der Waals surface area (Å²) in [5.41, 5.74) is 1.27. The molecular weight excluding hydrogens is 434 g/mol. The number of fused-ring (bicyclic) bond motifs is 3. The number of piperidine rings is 1. The van der Waals surface area contributed by atoms with Crippen LogP contribution in [-0.4, -0.2) is 34.2 Å². The van der Waals surface area contributed by atoms with E-state index in [0.717, 1.165) is 61.0 Å². The van der Waals surface area contributed by atoms with E-state index in [4.69, 9.17) is 16.3 Å². The molecule has 0 amide bonds. The molecule has 2 saturated heterocycles. The minimum absolute atomic E-state index is 0.184. The molecule has 0 spiro atoms. The molecule has 1 saturated carbocycles. The topological polar surface area (TPSA) is 49.8 Å². The lowest BCUT2D eigenvalue weighted by Gasteiger charge is -2.41. The van der Waals surface area contributed by atoms with Crippen LogP contribution in [0.2, 0.25) is 5.02 Å². The van der Waals surface area contributed by atoms with Crippen molar-refractivity contribution in [2.45, 2.75) is 95.9 Å². The zero-order chi connectivity index (χ0) is 23.1. The highest BCUT2D eigenvalue weighted by Gasteiger charge is 2.45. The number of carboxylic acid groups (broad SMARTS) is 1. The van der Waals surface area contributed by atoms with Gasteiger partial charge in [0.05, 0.1) is 17.0 Å². The number of carboxylic acids is 1. The first-order valence-electron chi connectivity index (χ1n) is 12.8. The summed E-state index contributed by atoms with van der Waals surface area (Å²) in [7, 11) is 0. The standard InChI is InChI=1S/C28H36ClNO3/c1-3-18-4-10-24(11-5-18)33-26-13-7-20-14-19(6-12-25(20)27(26)29)17(2)30-22-8-9-23(30)16-21(15-22)28(31)32/h6-7,12-14,17-18,21-24H,3-5,8-11,15-16H2,1-2H3,(H,31,32)/t17-,18?,21?,22?,23?,24?/m0/s1. The Morgan fingerprint density at radius 2 is 1.79 bits per heavy atom. The van der Waals surface area contributed by atoms with Crippen molar-refractivity contribution in [2.75, 3.05) is 0 Å². The Morgan fingerprint density at radius 3 is 2.42 bits per heavy atom. The molecule has 1 aliphatic carbocycles. The van der Waals surface area contributed by atoms with Crippen LogP contribution in [-0.2, 0) is 4.79 Å². The van der Waals surface area contributed by atoms with Crippen LogP contribution in [0.3, 0.4) is 0 Å². The molecule has 2 aromatic rings. The van der Waals surface area contributed by atoms with Crippen molar-refractivity contribution in [3.05, 3.63) is 40.9 Å². The van der Waals surface area contributed by atoms with Crippen molar-refractivity contribution in [3.8, 4) is 5.75 Å². The van der Waals surface area contributed by atoms with Gasteiger partial charge in [0.1, 0.15) is 5.75 Å². The molecule has 2 unspecified atom stereocenters. The number of hydrogen-bond donors (Lipinski definition) is 1. The van der Waals surface area contributed by atoms with Crippen LogP contribution in [0.15, 0.2) is 30.3 Å². The van der Waals surface area contributed by atoms with E-state index in [0.29, 0.717) is 17.1 Å². The summed E-state index contributed by atoms with van der Waals surface area (Å²) in [6, 6.07) is 11.8. The van der Waals surface area contributed by atoms with Gasteiger partial charge >= 0.3 is 5.97 Å². The molecule has 0 aromatic heterocycles. The monoisotopic (exact) mass is 469 g/mol. The summed E-state index contributed by atoms with van der Waals surface area (Å²) < 4.78 is 6.34. The summed E-state index contributed by atoms with van der Waals surface area (Å²) >= 11 is 6.81. The summed E-state index contributed by atoms with van der Waals surface area (Å²) in [5.74, 6) is 0.842. The second kappa shape index (κ2) is 9.46. The highest BCUT2D eigenvalue weighted by atomic mass is 35.5. The molecule has 3 atom stereocenters. The van der Waals surface area contributed by atoms with Crippen molar-refractivity contribution in [3.63, 3.8) is 0 Å². The maximum Gasteiger partial charge on any atom is 0.306 e. The second-order valence-electron chi connectivity index (χ2n) is 10.5. The van der Waals surface area contributed by atoms with Crippen molar-refractivity contribution >= 4 is 28.3 Å². The number of benzene rings is 2. The molecule has 3 fully saturated rings. The number of carbonyl (C=O) groups is 1. The first-order valence-corrected chi connectivity index (χ1v) is 13.2. The van der Waals surface area contributed by atoms with E-state index >= 15 is 0 Å². The summed E-state index contributed by atoms with van der Waals surface area (Å²) in [6.45, 7) is 4.54. The lowest BCUT2D eigenvalue weighted by atomic mass is 9.86. The molecule has 5 rings (SSSR count). The van der Waals surface area contributed by atoms with Crippen LogP contribution >= 0.6 is 11.6 Å². The van der Waals surface area contributed by atoms with Gasteiger partial charge in [-0.3, -0.25) is 9.69 Å².